The van der Waals surface area contributed by atoms with Gasteiger partial charge in [0, 0.05) is 57.2 Å². The van der Waals surface area contributed by atoms with Crippen LogP contribution in [0.5, 0.6) is 0 Å². The van der Waals surface area contributed by atoms with Gasteiger partial charge in [0.15, 0.2) is 5.89 Å². The van der Waals surface area contributed by atoms with E-state index in [4.69, 9.17) is 4.42 Å². The number of fused-ring (bicyclic) bond motifs is 1. The second kappa shape index (κ2) is 15.0. The number of hydrogen-bond donors (Lipinski definition) is 0. The normalized spacial score (nSPS) is 10.8. The van der Waals surface area contributed by atoms with Crippen LogP contribution in [-0.2, 0) is 14.1 Å². The van der Waals surface area contributed by atoms with Gasteiger partial charge in [0.2, 0.25) is 0 Å². The summed E-state index contributed by atoms with van der Waals surface area (Å²) in [5, 5.41) is 13.9. The van der Waals surface area contributed by atoms with Crippen LogP contribution >= 0.6 is 0 Å². The number of oxazole rings is 1. The highest BCUT2D eigenvalue weighted by molar-refractivity contribution is 5.82. The van der Waals surface area contributed by atoms with Gasteiger partial charge in [-0.1, -0.05) is 53.7 Å². The van der Waals surface area contributed by atoms with Crippen LogP contribution in [0.3, 0.4) is 0 Å². The van der Waals surface area contributed by atoms with Crippen LogP contribution in [0.15, 0.2) is 65.8 Å². The summed E-state index contributed by atoms with van der Waals surface area (Å²) in [5.74, 6) is 2.33. The van der Waals surface area contributed by atoms with E-state index >= 15 is 0 Å². The third-order valence-corrected chi connectivity index (χ3v) is 5.93. The number of nitrogens with zero attached hydrogens (tertiary/aromatic N) is 7. The highest BCUT2D eigenvalue weighted by Gasteiger charge is 2.06. The maximum absolute atomic E-state index is 5.01. The third kappa shape index (κ3) is 10.2. The minimum Gasteiger partial charge on any atom is -0.449 e. The van der Waals surface area contributed by atoms with E-state index in [1.54, 1.807) is 12.5 Å². The zero-order valence-electron chi connectivity index (χ0n) is 25.6. The minimum atomic E-state index is 0.474. The second-order valence-electron chi connectivity index (χ2n) is 10.8. The molecule has 8 nitrogen and oxygen atoms in total. The van der Waals surface area contributed by atoms with Gasteiger partial charge < -0.3 is 4.42 Å². The molecular weight excluding hydrogens is 486 g/mol. The standard InChI is InChI=1S/C11H14N2.C7H12N2.C7H11NO.C6H10N2/c1-8(2)9-5-4-6-11-10(9)7-13(3)12-11;1-6(2)7-4-5-9(3)8-7;1-5(2)7-4-9-6(3)8-7;1-6(2)8-5-3-4-7-8/h4-8H,1-3H3;4-6H,1-3H3;4-5H,1-3H3;3-6H,1-2H3. The van der Waals surface area contributed by atoms with E-state index in [2.05, 4.69) is 100 Å². The van der Waals surface area contributed by atoms with Crippen molar-refractivity contribution in [2.75, 3.05) is 0 Å². The molecule has 0 atom stereocenters. The van der Waals surface area contributed by atoms with Crippen LogP contribution in [0.2, 0.25) is 0 Å². The van der Waals surface area contributed by atoms with Crippen molar-refractivity contribution in [1.82, 2.24) is 34.3 Å². The van der Waals surface area contributed by atoms with E-state index in [-0.39, 0.29) is 0 Å². The summed E-state index contributed by atoms with van der Waals surface area (Å²) >= 11 is 0. The summed E-state index contributed by atoms with van der Waals surface area (Å²) < 4.78 is 10.6. The van der Waals surface area contributed by atoms with Crippen molar-refractivity contribution in [1.29, 1.82) is 0 Å². The van der Waals surface area contributed by atoms with E-state index in [1.807, 2.05) is 59.6 Å². The molecule has 5 rings (SSSR count). The Morgan fingerprint density at radius 3 is 1.82 bits per heavy atom. The van der Waals surface area contributed by atoms with E-state index in [9.17, 15) is 0 Å². The molecule has 0 saturated carbocycles. The number of benzene rings is 1. The molecule has 4 heterocycles. The van der Waals surface area contributed by atoms with Crippen molar-refractivity contribution in [2.45, 2.75) is 86.1 Å². The van der Waals surface area contributed by atoms with Crippen LogP contribution in [0, 0.1) is 6.92 Å². The third-order valence-electron chi connectivity index (χ3n) is 5.93. The van der Waals surface area contributed by atoms with Gasteiger partial charge in [0.05, 0.1) is 16.9 Å². The second-order valence-corrected chi connectivity index (χ2v) is 10.8. The van der Waals surface area contributed by atoms with Crippen molar-refractivity contribution >= 4 is 10.9 Å². The van der Waals surface area contributed by atoms with Gasteiger partial charge in [0.25, 0.3) is 0 Å². The van der Waals surface area contributed by atoms with E-state index < -0.39 is 0 Å². The molecule has 1 aromatic carbocycles. The maximum Gasteiger partial charge on any atom is 0.191 e. The fourth-order valence-electron chi connectivity index (χ4n) is 3.66. The Morgan fingerprint density at radius 2 is 1.44 bits per heavy atom. The molecule has 0 N–H and O–H groups in total. The lowest BCUT2D eigenvalue weighted by Gasteiger charge is -2.04. The molecular formula is C31H47N7O. The Hall–Kier alpha value is -3.68. The average molecular weight is 534 g/mol. The Labute approximate surface area is 234 Å². The predicted molar refractivity (Wildman–Crippen MR) is 160 cm³/mol. The van der Waals surface area contributed by atoms with Gasteiger partial charge >= 0.3 is 0 Å². The molecule has 4 aromatic heterocycles. The lowest BCUT2D eigenvalue weighted by molar-refractivity contribution is 0.520. The van der Waals surface area contributed by atoms with Crippen molar-refractivity contribution in [2.24, 2.45) is 14.1 Å². The van der Waals surface area contributed by atoms with Crippen LogP contribution < -0.4 is 0 Å². The molecule has 0 aliphatic carbocycles. The Kier molecular flexibility index (Phi) is 12.2. The molecule has 39 heavy (non-hydrogen) atoms. The molecule has 0 saturated heterocycles. The quantitative estimate of drug-likeness (QED) is 0.235. The summed E-state index contributed by atoms with van der Waals surface area (Å²) in [6.07, 6.45) is 9.52. The Balaban J connectivity index is 0.000000186. The van der Waals surface area contributed by atoms with Crippen LogP contribution in [0.25, 0.3) is 10.9 Å². The first kappa shape index (κ1) is 31.5. The monoisotopic (exact) mass is 533 g/mol. The van der Waals surface area contributed by atoms with Crippen LogP contribution in [0.4, 0.5) is 0 Å². The molecule has 5 aromatic rings. The van der Waals surface area contributed by atoms with Gasteiger partial charge in [-0.05, 0) is 55.4 Å². The zero-order chi connectivity index (χ0) is 29.1. The molecule has 0 amide bonds. The summed E-state index contributed by atoms with van der Waals surface area (Å²) in [5.41, 5.74) is 4.67. The van der Waals surface area contributed by atoms with Crippen molar-refractivity contribution in [3.8, 4) is 0 Å². The molecule has 0 aliphatic heterocycles. The van der Waals surface area contributed by atoms with Gasteiger partial charge in [-0.2, -0.15) is 15.3 Å². The number of hydrogen-bond acceptors (Lipinski definition) is 5. The van der Waals surface area contributed by atoms with Crippen LogP contribution in [-0.4, -0.2) is 34.3 Å². The van der Waals surface area contributed by atoms with E-state index in [0.717, 1.165) is 22.8 Å². The summed E-state index contributed by atoms with van der Waals surface area (Å²) in [6.45, 7) is 19.0. The minimum absolute atomic E-state index is 0.474. The molecule has 8 heteroatoms. The first-order valence-corrected chi connectivity index (χ1v) is 13.7. The smallest absolute Gasteiger partial charge is 0.191 e. The Bertz CT molecular complexity index is 1310. The van der Waals surface area contributed by atoms with Gasteiger partial charge in [-0.15, -0.1) is 0 Å². The van der Waals surface area contributed by atoms with Crippen LogP contribution in [0.1, 0.15) is 102 Å². The lowest BCUT2D eigenvalue weighted by Crippen LogP contribution is -1.99. The summed E-state index contributed by atoms with van der Waals surface area (Å²) in [4.78, 5) is 4.14. The highest BCUT2D eigenvalue weighted by Crippen LogP contribution is 2.23. The summed E-state index contributed by atoms with van der Waals surface area (Å²) in [7, 11) is 3.90. The SMILES string of the molecule is CC(C)c1cccc2nn(C)cc12.CC(C)c1ccn(C)n1.CC(C)n1cccn1.Cc1nc(C(C)C)co1. The topological polar surface area (TPSA) is 79.5 Å². The molecule has 0 bridgehead atoms. The van der Waals surface area contributed by atoms with Gasteiger partial charge in [-0.25, -0.2) is 4.98 Å². The lowest BCUT2D eigenvalue weighted by atomic mass is 10.00. The summed E-state index contributed by atoms with van der Waals surface area (Å²) in [6, 6.07) is 10.8. The molecule has 0 fully saturated rings. The van der Waals surface area contributed by atoms with Crippen molar-refractivity contribution in [3.05, 3.63) is 84.2 Å². The molecule has 0 radical (unpaired) electrons. The largest absolute Gasteiger partial charge is 0.449 e. The molecule has 212 valence electrons. The van der Waals surface area contributed by atoms with Crippen molar-refractivity contribution < 1.29 is 4.42 Å². The van der Waals surface area contributed by atoms with E-state index in [0.29, 0.717) is 23.8 Å². The van der Waals surface area contributed by atoms with E-state index in [1.165, 1.54) is 10.9 Å². The zero-order valence-corrected chi connectivity index (χ0v) is 25.6. The predicted octanol–water partition coefficient (Wildman–Crippen LogP) is 7.81. The molecule has 0 unspecified atom stereocenters. The Morgan fingerprint density at radius 1 is 0.744 bits per heavy atom. The van der Waals surface area contributed by atoms with Crippen molar-refractivity contribution in [3.63, 3.8) is 0 Å². The molecule has 0 aliphatic rings. The van der Waals surface area contributed by atoms with Gasteiger partial charge in [0.1, 0.15) is 6.26 Å². The fraction of sp³-hybridized carbons (Fsp3) is 0.484. The maximum atomic E-state index is 5.01. The number of rotatable bonds is 4. The first-order chi connectivity index (χ1) is 18.4. The van der Waals surface area contributed by atoms with Gasteiger partial charge in [-0.3, -0.25) is 14.0 Å². The fourth-order valence-corrected chi connectivity index (χ4v) is 3.66. The highest BCUT2D eigenvalue weighted by atomic mass is 16.3. The first-order valence-electron chi connectivity index (χ1n) is 13.7. The number of aryl methyl sites for hydroxylation is 3. The molecule has 0 spiro atoms. The number of aromatic nitrogens is 7. The average Bonchev–Trinajstić information content (AvgIpc) is 3.66.